The fourth-order valence-corrected chi connectivity index (χ4v) is 1.05. The van der Waals surface area contributed by atoms with Crippen LogP contribution in [0.5, 0.6) is 0 Å². The number of carbonyl (C=O) groups excluding carboxylic acids is 2. The van der Waals surface area contributed by atoms with Gasteiger partial charge in [-0.1, -0.05) is 79.8 Å². The number of hydrogen-bond acceptors (Lipinski definition) is 6. The number of hydrogen-bond donors (Lipinski definition) is 2. The Labute approximate surface area is 186 Å². The smallest absolute Gasteiger partial charge is 0.333 e. The van der Waals surface area contributed by atoms with Crippen LogP contribution in [0.15, 0.2) is 78.9 Å². The van der Waals surface area contributed by atoms with Crippen molar-refractivity contribution in [2.45, 2.75) is 13.5 Å². The highest BCUT2D eigenvalue weighted by Gasteiger charge is 2.02. The molecular formula is C21H26Cl2O7. The summed E-state index contributed by atoms with van der Waals surface area (Å²) in [5.74, 6) is -1.83. The van der Waals surface area contributed by atoms with Crippen LogP contribution in [0.2, 0.25) is 0 Å². The van der Waals surface area contributed by atoms with Gasteiger partial charge in [-0.15, -0.1) is 0 Å². The molecule has 0 radical (unpaired) electrons. The summed E-state index contributed by atoms with van der Waals surface area (Å²) in [6.45, 7) is 14.5. The Morgan fingerprint density at radius 2 is 1.50 bits per heavy atom. The van der Waals surface area contributed by atoms with Crippen molar-refractivity contribution in [3.8, 4) is 0 Å². The summed E-state index contributed by atoms with van der Waals surface area (Å²) in [4.78, 5) is 30.4. The van der Waals surface area contributed by atoms with E-state index in [-0.39, 0.29) is 23.7 Å². The lowest BCUT2D eigenvalue weighted by Gasteiger charge is -2.03. The highest BCUT2D eigenvalue weighted by molar-refractivity contribution is 6.55. The molecule has 7 nitrogen and oxygen atoms in total. The summed E-state index contributed by atoms with van der Waals surface area (Å²) in [5, 5.41) is 15.7. The van der Waals surface area contributed by atoms with Crippen molar-refractivity contribution in [3.63, 3.8) is 0 Å². The molecule has 0 aliphatic carbocycles. The van der Waals surface area contributed by atoms with E-state index in [1.54, 1.807) is 6.92 Å². The standard InChI is InChI=1S/C11H12O2.C5H8O3.C3H4O2.C2H2Cl2/c1-9(2)11(12)13-8-10-6-4-3-5-7-10;1-2-5(7)8-4-3-6;1-2-3(4)5;1-2(3)4/h3-7H,1,8H2,2H3;2,6H,1,3-4H2;2H,1H2,(H,4,5);1H2. The van der Waals surface area contributed by atoms with Crippen LogP contribution in [0.25, 0.3) is 0 Å². The van der Waals surface area contributed by atoms with Gasteiger partial charge < -0.3 is 19.7 Å². The minimum atomic E-state index is -0.981. The Morgan fingerprint density at radius 3 is 1.83 bits per heavy atom. The largest absolute Gasteiger partial charge is 0.478 e. The molecule has 1 rings (SSSR count). The molecule has 2 N–H and O–H groups in total. The number of rotatable bonds is 7. The fourth-order valence-electron chi connectivity index (χ4n) is 1.05. The zero-order valence-electron chi connectivity index (χ0n) is 16.7. The molecule has 0 unspecified atom stereocenters. The average Bonchev–Trinajstić information content (AvgIpc) is 2.71. The van der Waals surface area contributed by atoms with Crippen LogP contribution < -0.4 is 0 Å². The van der Waals surface area contributed by atoms with E-state index in [0.29, 0.717) is 12.2 Å². The van der Waals surface area contributed by atoms with Crippen LogP contribution in [0.1, 0.15) is 12.5 Å². The number of aliphatic hydroxyl groups excluding tert-OH is 1. The lowest BCUT2D eigenvalue weighted by Crippen LogP contribution is -2.04. The molecule has 0 aliphatic heterocycles. The maximum Gasteiger partial charge on any atom is 0.333 e. The minimum absolute atomic E-state index is 0.0465. The number of aliphatic hydroxyl groups is 1. The predicted octanol–water partition coefficient (Wildman–Crippen LogP) is 4.21. The zero-order valence-corrected chi connectivity index (χ0v) is 18.2. The van der Waals surface area contributed by atoms with Crippen LogP contribution in [0.4, 0.5) is 0 Å². The highest BCUT2D eigenvalue weighted by atomic mass is 35.5. The van der Waals surface area contributed by atoms with Crippen molar-refractivity contribution in [1.29, 1.82) is 0 Å². The number of carboxylic acids is 1. The van der Waals surface area contributed by atoms with Gasteiger partial charge >= 0.3 is 17.9 Å². The van der Waals surface area contributed by atoms with Gasteiger partial charge in [0.05, 0.1) is 11.1 Å². The SMILES string of the molecule is C=C(C)C(=O)OCc1ccccc1.C=C(Cl)Cl.C=CC(=O)O.C=CC(=O)OCCO. The maximum atomic E-state index is 11.0. The van der Waals surface area contributed by atoms with Crippen molar-refractivity contribution >= 4 is 41.1 Å². The van der Waals surface area contributed by atoms with Crippen molar-refractivity contribution in [3.05, 3.63) is 84.4 Å². The molecule has 0 aromatic heterocycles. The Balaban J connectivity index is -0.000000367. The average molecular weight is 461 g/mol. The molecule has 0 amide bonds. The normalized spacial score (nSPS) is 8.13. The number of ether oxygens (including phenoxy) is 2. The van der Waals surface area contributed by atoms with Crippen molar-refractivity contribution < 1.29 is 34.1 Å². The van der Waals surface area contributed by atoms with Gasteiger partial charge in [0.25, 0.3) is 0 Å². The summed E-state index contributed by atoms with van der Waals surface area (Å²) in [7, 11) is 0. The molecule has 30 heavy (non-hydrogen) atoms. The van der Waals surface area contributed by atoms with E-state index in [4.69, 9.17) is 38.2 Å². The second-order valence-electron chi connectivity index (χ2n) is 4.82. The summed E-state index contributed by atoms with van der Waals surface area (Å²) in [5.41, 5.74) is 1.41. The molecule has 0 spiro atoms. The van der Waals surface area contributed by atoms with E-state index in [9.17, 15) is 14.4 Å². The molecule has 9 heteroatoms. The van der Waals surface area contributed by atoms with Crippen molar-refractivity contribution in [1.82, 2.24) is 0 Å². The highest BCUT2D eigenvalue weighted by Crippen LogP contribution is 2.02. The van der Waals surface area contributed by atoms with Gasteiger partial charge in [0, 0.05) is 17.7 Å². The third-order valence-electron chi connectivity index (χ3n) is 2.24. The second-order valence-corrected chi connectivity index (χ2v) is 5.92. The lowest BCUT2D eigenvalue weighted by atomic mass is 10.2. The van der Waals surface area contributed by atoms with Gasteiger partial charge in [-0.25, -0.2) is 14.4 Å². The molecule has 0 aliphatic rings. The molecule has 0 fully saturated rings. The quantitative estimate of drug-likeness (QED) is 0.463. The van der Waals surface area contributed by atoms with E-state index in [2.05, 4.69) is 31.1 Å². The molecule has 166 valence electrons. The third-order valence-corrected chi connectivity index (χ3v) is 2.24. The monoisotopic (exact) mass is 460 g/mol. The van der Waals surface area contributed by atoms with Gasteiger partial charge in [-0.3, -0.25) is 0 Å². The van der Waals surface area contributed by atoms with Crippen molar-refractivity contribution in [2.75, 3.05) is 13.2 Å². The second kappa shape index (κ2) is 22.4. The summed E-state index contributed by atoms with van der Waals surface area (Å²) >= 11 is 9.69. The minimum Gasteiger partial charge on any atom is -0.478 e. The topological polar surface area (TPSA) is 110 Å². The molecule has 1 aromatic rings. The zero-order chi connectivity index (χ0) is 23.9. The Hall–Kier alpha value is -2.87. The number of esters is 2. The lowest BCUT2D eigenvalue weighted by molar-refractivity contribution is -0.140. The van der Waals surface area contributed by atoms with Gasteiger partial charge in [0.1, 0.15) is 13.2 Å². The Bertz CT molecular complexity index is 682. The molecule has 0 heterocycles. The Kier molecular flexibility index (Phi) is 23.8. The summed E-state index contributed by atoms with van der Waals surface area (Å²) < 4.78 is 9.40. The van der Waals surface area contributed by atoms with E-state index < -0.39 is 11.9 Å². The maximum absolute atomic E-state index is 11.0. The third kappa shape index (κ3) is 29.9. The van der Waals surface area contributed by atoms with Crippen LogP contribution in [-0.2, 0) is 30.5 Å². The molecule has 0 bridgehead atoms. The van der Waals surface area contributed by atoms with Crippen LogP contribution in [-0.4, -0.2) is 41.3 Å². The number of carboxylic acid groups (broad SMARTS) is 1. The number of benzene rings is 1. The molecule has 0 saturated heterocycles. The summed E-state index contributed by atoms with van der Waals surface area (Å²) in [6, 6.07) is 9.55. The summed E-state index contributed by atoms with van der Waals surface area (Å²) in [6.07, 6.45) is 1.88. The van der Waals surface area contributed by atoms with E-state index in [1.807, 2.05) is 30.3 Å². The van der Waals surface area contributed by atoms with E-state index in [1.165, 1.54) is 0 Å². The van der Waals surface area contributed by atoms with E-state index >= 15 is 0 Å². The first-order valence-electron chi connectivity index (χ1n) is 8.13. The van der Waals surface area contributed by atoms with Gasteiger partial charge in [-0.05, 0) is 12.5 Å². The first kappa shape index (κ1) is 31.8. The molecule has 1 aromatic carbocycles. The first-order valence-corrected chi connectivity index (χ1v) is 8.89. The van der Waals surface area contributed by atoms with Gasteiger partial charge in [0.15, 0.2) is 0 Å². The van der Waals surface area contributed by atoms with Gasteiger partial charge in [0.2, 0.25) is 0 Å². The predicted molar refractivity (Wildman–Crippen MR) is 118 cm³/mol. The van der Waals surface area contributed by atoms with E-state index in [0.717, 1.165) is 17.7 Å². The van der Waals surface area contributed by atoms with Crippen LogP contribution >= 0.6 is 23.2 Å². The first-order chi connectivity index (χ1) is 14.0. The number of carbonyl (C=O) groups is 3. The Morgan fingerprint density at radius 1 is 1.03 bits per heavy atom. The number of aliphatic carboxylic acids is 1. The van der Waals surface area contributed by atoms with Gasteiger partial charge in [-0.2, -0.15) is 0 Å². The molecule has 0 saturated carbocycles. The molecule has 0 atom stereocenters. The fraction of sp³-hybridized carbons (Fsp3) is 0.190. The van der Waals surface area contributed by atoms with Crippen LogP contribution in [0, 0.1) is 0 Å². The number of halogens is 2. The van der Waals surface area contributed by atoms with Crippen molar-refractivity contribution in [2.24, 2.45) is 0 Å². The molecular weight excluding hydrogens is 435 g/mol. The van der Waals surface area contributed by atoms with Crippen LogP contribution in [0.3, 0.4) is 0 Å².